The molecule has 230 valence electrons. The monoisotopic (exact) mass is 537 g/mol. The predicted octanol–water partition coefficient (Wildman–Crippen LogP) is 9.07. The molecule has 0 fully saturated rings. The van der Waals surface area contributed by atoms with Crippen LogP contribution in [0, 0.1) is 21.7 Å². The minimum absolute atomic E-state index is 0.382. The van der Waals surface area contributed by atoms with Crippen LogP contribution in [0.15, 0.2) is 0 Å². The minimum Gasteiger partial charge on any atom is -0.385 e. The van der Waals surface area contributed by atoms with Crippen LogP contribution in [0.2, 0.25) is 0 Å². The maximum absolute atomic E-state index is 5.33. The predicted molar refractivity (Wildman–Crippen MR) is 164 cm³/mol. The molecular weight excluding hydrogens is 464 g/mol. The van der Waals surface area contributed by atoms with Crippen molar-refractivity contribution in [1.29, 1.82) is 0 Å². The van der Waals surface area contributed by atoms with Crippen LogP contribution in [0.25, 0.3) is 0 Å². The Hall–Kier alpha value is -0.200. The normalized spacial score (nSPS) is 12.0. The zero-order chi connectivity index (χ0) is 30.0. The van der Waals surface area contributed by atoms with Crippen LogP contribution in [0.5, 0.6) is 0 Å². The zero-order valence-corrected chi connectivity index (χ0v) is 28.5. The largest absolute Gasteiger partial charge is 0.385 e. The van der Waals surface area contributed by atoms with E-state index in [1.807, 2.05) is 6.92 Å². The topological polar surface area (TPSA) is 46.2 Å². The van der Waals surface area contributed by atoms with E-state index in [9.17, 15) is 0 Å². The van der Waals surface area contributed by atoms with E-state index in [2.05, 4.69) is 83.1 Å². The lowest BCUT2D eigenvalue weighted by Crippen LogP contribution is -2.11. The van der Waals surface area contributed by atoms with Gasteiger partial charge >= 0.3 is 0 Å². The first-order chi connectivity index (χ1) is 16.7. The van der Waals surface area contributed by atoms with Crippen LogP contribution < -0.4 is 0 Å². The van der Waals surface area contributed by atoms with Crippen LogP contribution >= 0.6 is 0 Å². The molecule has 0 saturated carbocycles. The van der Waals surface area contributed by atoms with Crippen LogP contribution in [-0.4, -0.2) is 67.6 Å². The Kier molecular flexibility index (Phi) is 30.9. The summed E-state index contributed by atoms with van der Waals surface area (Å²) >= 11 is 0. The third-order valence-corrected chi connectivity index (χ3v) is 4.96. The summed E-state index contributed by atoms with van der Waals surface area (Å²) in [5.74, 6) is 0. The van der Waals surface area contributed by atoms with Crippen molar-refractivity contribution in [2.75, 3.05) is 67.6 Å². The van der Waals surface area contributed by atoms with Gasteiger partial charge in [-0.1, -0.05) is 83.1 Å². The lowest BCUT2D eigenvalue weighted by molar-refractivity contribution is 0.0580. The van der Waals surface area contributed by atoms with Gasteiger partial charge in [0.05, 0.1) is 13.2 Å². The van der Waals surface area contributed by atoms with Gasteiger partial charge in [-0.25, -0.2) is 0 Å². The van der Waals surface area contributed by atoms with Gasteiger partial charge in [-0.2, -0.15) is 0 Å². The van der Waals surface area contributed by atoms with Crippen molar-refractivity contribution in [3.63, 3.8) is 0 Å². The number of methoxy groups -OCH3 is 3. The van der Waals surface area contributed by atoms with Crippen molar-refractivity contribution < 1.29 is 23.7 Å². The summed E-state index contributed by atoms with van der Waals surface area (Å²) in [5, 5.41) is 0. The third-order valence-electron chi connectivity index (χ3n) is 4.96. The van der Waals surface area contributed by atoms with Crippen molar-refractivity contribution in [3.05, 3.63) is 0 Å². The van der Waals surface area contributed by atoms with Crippen LogP contribution in [0.1, 0.15) is 122 Å². The molecule has 0 amide bonds. The van der Waals surface area contributed by atoms with E-state index < -0.39 is 0 Å². The molecule has 0 aliphatic carbocycles. The van der Waals surface area contributed by atoms with E-state index in [0.29, 0.717) is 34.9 Å². The van der Waals surface area contributed by atoms with Crippen molar-refractivity contribution in [2.45, 2.75) is 122 Å². The Balaban J connectivity index is -0.000000198. The summed E-state index contributed by atoms with van der Waals surface area (Å²) in [6, 6.07) is 0. The SMILES string of the molecule is CCOCCC(C)(C)C.COCCC(C)(C)C.COCCCC(C)(C)C.COCCOCCC(C)(C)C. The van der Waals surface area contributed by atoms with E-state index in [-0.39, 0.29) is 0 Å². The highest BCUT2D eigenvalue weighted by Gasteiger charge is 2.10. The van der Waals surface area contributed by atoms with E-state index in [1.165, 1.54) is 12.8 Å². The standard InChI is InChI=1S/C9H20O2.2C8H18O.C7H16O/c1-9(2,3)5-6-11-8-7-10-4;1-8(2,3)6-5-7-9-4;1-5-9-7-6-8(2,3)4;1-7(2,3)5-6-8-4/h5-8H2,1-4H3;2*5-7H2,1-4H3;5-6H2,1-4H3. The van der Waals surface area contributed by atoms with Crippen LogP contribution in [-0.2, 0) is 23.7 Å². The van der Waals surface area contributed by atoms with Crippen LogP contribution in [0.3, 0.4) is 0 Å². The van der Waals surface area contributed by atoms with Crippen molar-refractivity contribution in [1.82, 2.24) is 0 Å². The van der Waals surface area contributed by atoms with Gasteiger partial charge in [0.25, 0.3) is 0 Å². The van der Waals surface area contributed by atoms with Gasteiger partial charge in [0, 0.05) is 54.4 Å². The highest BCUT2D eigenvalue weighted by atomic mass is 16.5. The fraction of sp³-hybridized carbons (Fsp3) is 1.00. The van der Waals surface area contributed by atoms with Gasteiger partial charge in [-0.15, -0.1) is 0 Å². The fourth-order valence-electron chi connectivity index (χ4n) is 2.30. The molecule has 0 aliphatic rings. The molecule has 0 aromatic rings. The zero-order valence-electron chi connectivity index (χ0n) is 28.5. The molecule has 0 aromatic heterocycles. The summed E-state index contributed by atoms with van der Waals surface area (Å²) in [5.41, 5.74) is 1.71. The summed E-state index contributed by atoms with van der Waals surface area (Å²) < 4.78 is 25.2. The van der Waals surface area contributed by atoms with Gasteiger partial charge in [0.15, 0.2) is 0 Å². The second kappa shape index (κ2) is 26.0. The number of hydrogen-bond acceptors (Lipinski definition) is 5. The molecule has 5 heteroatoms. The summed E-state index contributed by atoms with van der Waals surface area (Å²) in [4.78, 5) is 0. The maximum atomic E-state index is 5.33. The van der Waals surface area contributed by atoms with Crippen molar-refractivity contribution >= 4 is 0 Å². The molecule has 0 spiro atoms. The molecule has 0 radical (unpaired) electrons. The highest BCUT2D eigenvalue weighted by Crippen LogP contribution is 2.20. The molecule has 0 heterocycles. The Morgan fingerprint density at radius 1 is 0.378 bits per heavy atom. The quantitative estimate of drug-likeness (QED) is 0.220. The first-order valence-corrected chi connectivity index (χ1v) is 14.4. The van der Waals surface area contributed by atoms with Gasteiger partial charge in [0.1, 0.15) is 0 Å². The molecule has 0 aliphatic heterocycles. The maximum Gasteiger partial charge on any atom is 0.0700 e. The molecular formula is C32H72O5. The minimum atomic E-state index is 0.382. The summed E-state index contributed by atoms with van der Waals surface area (Å²) in [6.07, 6.45) is 5.84. The molecule has 0 atom stereocenters. The molecule has 0 bridgehead atoms. The summed E-state index contributed by atoms with van der Waals surface area (Å²) in [7, 11) is 5.18. The number of ether oxygens (including phenoxy) is 5. The van der Waals surface area contributed by atoms with Gasteiger partial charge < -0.3 is 23.7 Å². The van der Waals surface area contributed by atoms with Crippen molar-refractivity contribution in [3.8, 4) is 0 Å². The highest BCUT2D eigenvalue weighted by molar-refractivity contribution is 4.61. The first-order valence-electron chi connectivity index (χ1n) is 14.4. The van der Waals surface area contributed by atoms with Crippen LogP contribution in [0.4, 0.5) is 0 Å². The second-order valence-corrected chi connectivity index (χ2v) is 14.4. The third kappa shape index (κ3) is 66.5. The molecule has 0 unspecified atom stereocenters. The molecule has 5 nitrogen and oxygen atoms in total. The fourth-order valence-corrected chi connectivity index (χ4v) is 2.30. The summed E-state index contributed by atoms with van der Waals surface area (Å²) in [6.45, 7) is 34.5. The van der Waals surface area contributed by atoms with E-state index in [1.54, 1.807) is 21.3 Å². The Labute approximate surface area is 235 Å². The molecule has 0 saturated heterocycles. The van der Waals surface area contributed by atoms with Gasteiger partial charge in [0.2, 0.25) is 0 Å². The smallest absolute Gasteiger partial charge is 0.0700 e. The van der Waals surface area contributed by atoms with E-state index >= 15 is 0 Å². The van der Waals surface area contributed by atoms with Crippen molar-refractivity contribution in [2.24, 2.45) is 21.7 Å². The number of rotatable bonds is 13. The van der Waals surface area contributed by atoms with E-state index in [4.69, 9.17) is 23.7 Å². The Morgan fingerprint density at radius 2 is 0.730 bits per heavy atom. The van der Waals surface area contributed by atoms with Gasteiger partial charge in [-0.3, -0.25) is 0 Å². The average Bonchev–Trinajstić information content (AvgIpc) is 2.71. The molecule has 0 N–H and O–H groups in total. The Bertz CT molecular complexity index is 402. The second-order valence-electron chi connectivity index (χ2n) is 14.4. The number of hydrogen-bond donors (Lipinski definition) is 0. The van der Waals surface area contributed by atoms with Gasteiger partial charge in [-0.05, 0) is 60.7 Å². The lowest BCUT2D eigenvalue weighted by atomic mass is 9.91. The molecule has 37 heavy (non-hydrogen) atoms. The molecule has 0 rings (SSSR count). The molecule has 0 aromatic carbocycles. The Morgan fingerprint density at radius 3 is 1.03 bits per heavy atom. The average molecular weight is 537 g/mol. The lowest BCUT2D eigenvalue weighted by Gasteiger charge is -2.17. The first kappa shape index (κ1) is 43.8. The van der Waals surface area contributed by atoms with E-state index in [0.717, 1.165) is 52.3 Å².